The number of carbonyl (C=O) groups is 1. The van der Waals surface area contributed by atoms with Crippen LogP contribution in [-0.2, 0) is 4.79 Å². The van der Waals surface area contributed by atoms with E-state index in [0.29, 0.717) is 25.9 Å². The van der Waals surface area contributed by atoms with E-state index in [1.165, 1.54) is 0 Å². The van der Waals surface area contributed by atoms with Gasteiger partial charge in [-0.3, -0.25) is 9.69 Å². The fourth-order valence-electron chi connectivity index (χ4n) is 2.63. The quantitative estimate of drug-likeness (QED) is 0.733. The zero-order valence-corrected chi connectivity index (χ0v) is 9.91. The van der Waals surface area contributed by atoms with Gasteiger partial charge in [0.1, 0.15) is 6.04 Å². The molecular formula is C11H17F3N2O2. The molecule has 0 aromatic rings. The zero-order valence-electron chi connectivity index (χ0n) is 9.91. The minimum atomic E-state index is -4.39. The Morgan fingerprint density at radius 2 is 1.89 bits per heavy atom. The Bertz CT molecular complexity index is 314. The Morgan fingerprint density at radius 3 is 2.44 bits per heavy atom. The molecule has 104 valence electrons. The van der Waals surface area contributed by atoms with E-state index in [4.69, 9.17) is 0 Å². The summed E-state index contributed by atoms with van der Waals surface area (Å²) in [6, 6.07) is -2.10. The number of hydrogen-bond donors (Lipinski definition) is 2. The predicted molar refractivity (Wildman–Crippen MR) is 57.8 cm³/mol. The molecule has 7 heteroatoms. The number of rotatable bonds is 1. The van der Waals surface area contributed by atoms with Crippen LogP contribution in [0.25, 0.3) is 0 Å². The van der Waals surface area contributed by atoms with Crippen LogP contribution in [0, 0.1) is 0 Å². The van der Waals surface area contributed by atoms with E-state index in [-0.39, 0.29) is 25.0 Å². The smallest absolute Gasteiger partial charge is 0.393 e. The topological polar surface area (TPSA) is 52.6 Å². The van der Waals surface area contributed by atoms with Crippen molar-refractivity contribution in [1.29, 1.82) is 0 Å². The van der Waals surface area contributed by atoms with Crippen molar-refractivity contribution in [2.75, 3.05) is 13.1 Å². The summed E-state index contributed by atoms with van der Waals surface area (Å²) in [6.45, 7) is 1.12. The first-order valence-electron chi connectivity index (χ1n) is 6.14. The largest absolute Gasteiger partial charge is 0.408 e. The lowest BCUT2D eigenvalue weighted by atomic mass is 9.94. The number of aliphatic hydroxyl groups excluding tert-OH is 1. The van der Waals surface area contributed by atoms with Crippen LogP contribution in [0.1, 0.15) is 25.7 Å². The van der Waals surface area contributed by atoms with Crippen LogP contribution in [0.2, 0.25) is 0 Å². The number of halogens is 3. The first-order chi connectivity index (χ1) is 8.36. The molecule has 2 aliphatic heterocycles. The van der Waals surface area contributed by atoms with Gasteiger partial charge in [0.25, 0.3) is 0 Å². The van der Waals surface area contributed by atoms with E-state index >= 15 is 0 Å². The Morgan fingerprint density at radius 1 is 1.28 bits per heavy atom. The van der Waals surface area contributed by atoms with Crippen molar-refractivity contribution in [2.24, 2.45) is 0 Å². The van der Waals surface area contributed by atoms with E-state index in [9.17, 15) is 23.1 Å². The molecule has 0 bridgehead atoms. The van der Waals surface area contributed by atoms with Crippen molar-refractivity contribution < 1.29 is 23.1 Å². The fraction of sp³-hybridized carbons (Fsp3) is 0.909. The lowest BCUT2D eigenvalue weighted by Gasteiger charge is -2.40. The Labute approximate surface area is 103 Å². The van der Waals surface area contributed by atoms with Crippen LogP contribution in [0.3, 0.4) is 0 Å². The van der Waals surface area contributed by atoms with Crippen molar-refractivity contribution in [3.63, 3.8) is 0 Å². The van der Waals surface area contributed by atoms with Gasteiger partial charge in [-0.25, -0.2) is 0 Å². The number of nitrogens with zero attached hydrogens (tertiary/aromatic N) is 1. The molecule has 0 aliphatic carbocycles. The average molecular weight is 266 g/mol. The van der Waals surface area contributed by atoms with E-state index in [1.807, 2.05) is 10.2 Å². The molecule has 0 saturated carbocycles. The van der Waals surface area contributed by atoms with Gasteiger partial charge in [0.2, 0.25) is 5.91 Å². The highest BCUT2D eigenvalue weighted by atomic mass is 19.4. The molecule has 4 nitrogen and oxygen atoms in total. The molecular weight excluding hydrogens is 249 g/mol. The first-order valence-corrected chi connectivity index (χ1v) is 6.14. The third-order valence-corrected chi connectivity index (χ3v) is 3.67. The molecule has 18 heavy (non-hydrogen) atoms. The number of hydrogen-bond acceptors (Lipinski definition) is 3. The summed E-state index contributed by atoms with van der Waals surface area (Å²) in [5, 5.41) is 11.4. The SMILES string of the molecule is O=C1CC(N2CCC(O)CC2)CC(C(F)(F)F)N1. The molecule has 2 atom stereocenters. The maximum Gasteiger partial charge on any atom is 0.408 e. The molecule has 2 heterocycles. The zero-order chi connectivity index (χ0) is 13.3. The van der Waals surface area contributed by atoms with Gasteiger partial charge in [-0.1, -0.05) is 0 Å². The van der Waals surface area contributed by atoms with Gasteiger partial charge in [0.15, 0.2) is 0 Å². The monoisotopic (exact) mass is 266 g/mol. The van der Waals surface area contributed by atoms with Gasteiger partial charge < -0.3 is 10.4 Å². The molecule has 0 radical (unpaired) electrons. The highest BCUT2D eigenvalue weighted by Gasteiger charge is 2.45. The van der Waals surface area contributed by atoms with Crippen LogP contribution >= 0.6 is 0 Å². The fourth-order valence-corrected chi connectivity index (χ4v) is 2.63. The van der Waals surface area contributed by atoms with Gasteiger partial charge in [-0.05, 0) is 19.3 Å². The van der Waals surface area contributed by atoms with Gasteiger partial charge in [0.05, 0.1) is 6.10 Å². The predicted octanol–water partition coefficient (Wildman–Crippen LogP) is 0.653. The summed E-state index contributed by atoms with van der Waals surface area (Å²) in [7, 11) is 0. The minimum Gasteiger partial charge on any atom is -0.393 e. The molecule has 0 spiro atoms. The molecule has 2 aliphatic rings. The maximum atomic E-state index is 12.6. The average Bonchev–Trinajstić information content (AvgIpc) is 2.28. The highest BCUT2D eigenvalue weighted by Crippen LogP contribution is 2.29. The van der Waals surface area contributed by atoms with E-state index in [1.54, 1.807) is 0 Å². The number of alkyl halides is 3. The molecule has 0 aromatic heterocycles. The number of likely N-dealkylation sites (tertiary alicyclic amines) is 1. The number of carbonyl (C=O) groups excluding carboxylic acids is 1. The maximum absolute atomic E-state index is 12.6. The summed E-state index contributed by atoms with van der Waals surface area (Å²) in [5.41, 5.74) is 0. The molecule has 2 N–H and O–H groups in total. The van der Waals surface area contributed by atoms with Crippen molar-refractivity contribution in [3.8, 4) is 0 Å². The van der Waals surface area contributed by atoms with Gasteiger partial charge in [-0.2, -0.15) is 13.2 Å². The van der Waals surface area contributed by atoms with Gasteiger partial charge in [0, 0.05) is 25.6 Å². The van der Waals surface area contributed by atoms with Crippen molar-refractivity contribution in [1.82, 2.24) is 10.2 Å². The summed E-state index contributed by atoms with van der Waals surface area (Å²) in [4.78, 5) is 13.2. The molecule has 2 unspecified atom stereocenters. The van der Waals surface area contributed by atoms with E-state index in [0.717, 1.165) is 0 Å². The highest BCUT2D eigenvalue weighted by molar-refractivity contribution is 5.78. The second-order valence-electron chi connectivity index (χ2n) is 5.02. The summed E-state index contributed by atoms with van der Waals surface area (Å²) in [5.74, 6) is -0.542. The Hall–Kier alpha value is -0.820. The van der Waals surface area contributed by atoms with Gasteiger partial charge >= 0.3 is 6.18 Å². The summed E-state index contributed by atoms with van der Waals surface area (Å²) in [6.07, 6.45) is -3.60. The molecule has 2 rings (SSSR count). The van der Waals surface area contributed by atoms with Crippen LogP contribution in [0.15, 0.2) is 0 Å². The summed E-state index contributed by atoms with van der Waals surface area (Å²) >= 11 is 0. The van der Waals surface area contributed by atoms with Crippen LogP contribution < -0.4 is 5.32 Å². The van der Waals surface area contributed by atoms with Crippen LogP contribution in [-0.4, -0.2) is 53.4 Å². The minimum absolute atomic E-state index is 0.0919. The number of aliphatic hydroxyl groups is 1. The standard InChI is InChI=1S/C11H17F3N2O2/c12-11(13,14)9-5-7(6-10(18)15-9)16-3-1-8(17)2-4-16/h7-9,17H,1-6H2,(H,15,18). The summed E-state index contributed by atoms with van der Waals surface area (Å²) < 4.78 is 37.9. The molecule has 1 amide bonds. The van der Waals surface area contributed by atoms with Crippen molar-refractivity contribution >= 4 is 5.91 Å². The third kappa shape index (κ3) is 3.14. The number of amides is 1. The lowest BCUT2D eigenvalue weighted by molar-refractivity contribution is -0.172. The molecule has 2 saturated heterocycles. The Balaban J connectivity index is 1.98. The Kier molecular flexibility index (Phi) is 3.82. The second-order valence-corrected chi connectivity index (χ2v) is 5.02. The lowest BCUT2D eigenvalue weighted by Crippen LogP contribution is -2.57. The molecule has 0 aromatic carbocycles. The number of nitrogens with one attached hydrogen (secondary N) is 1. The van der Waals surface area contributed by atoms with Crippen LogP contribution in [0.4, 0.5) is 13.2 Å². The first kappa shape index (κ1) is 13.6. The van der Waals surface area contributed by atoms with Crippen molar-refractivity contribution in [3.05, 3.63) is 0 Å². The van der Waals surface area contributed by atoms with E-state index < -0.39 is 18.1 Å². The van der Waals surface area contributed by atoms with Crippen molar-refractivity contribution in [2.45, 2.75) is 50.0 Å². The second kappa shape index (κ2) is 5.05. The van der Waals surface area contributed by atoms with Crippen LogP contribution in [0.5, 0.6) is 0 Å². The number of piperidine rings is 2. The van der Waals surface area contributed by atoms with E-state index in [2.05, 4.69) is 0 Å². The third-order valence-electron chi connectivity index (χ3n) is 3.67. The normalized spacial score (nSPS) is 32.3. The molecule has 2 fully saturated rings. The van der Waals surface area contributed by atoms with Gasteiger partial charge in [-0.15, -0.1) is 0 Å².